The number of rotatable bonds is 5. The van der Waals surface area contributed by atoms with Crippen molar-refractivity contribution in [2.75, 3.05) is 14.2 Å². The summed E-state index contributed by atoms with van der Waals surface area (Å²) in [4.78, 5) is 0. The van der Waals surface area contributed by atoms with Gasteiger partial charge < -0.3 is 14.8 Å². The maximum atomic E-state index is 14.1. The van der Waals surface area contributed by atoms with Crippen molar-refractivity contribution in [3.8, 4) is 17.2 Å². The van der Waals surface area contributed by atoms with Gasteiger partial charge in [-0.15, -0.1) is 0 Å². The molecule has 2 rings (SSSR count). The number of methoxy groups -OCH3 is 1. The Bertz CT molecular complexity index is 628. The molecule has 0 aliphatic carbocycles. The maximum Gasteiger partial charge on any atom is 0.169 e. The molecule has 0 saturated carbocycles. The summed E-state index contributed by atoms with van der Waals surface area (Å²) in [5.74, 6) is 1.39. The Balaban J connectivity index is 2.42. The predicted octanol–water partition coefficient (Wildman–Crippen LogP) is 4.22. The number of nitrogens with one attached hydrogen (secondary N) is 1. The third-order valence-corrected chi connectivity index (χ3v) is 3.42. The van der Waals surface area contributed by atoms with Crippen LogP contribution in [0.25, 0.3) is 0 Å². The molecular formula is C17H20FNO2. The second-order valence-corrected chi connectivity index (χ2v) is 4.92. The van der Waals surface area contributed by atoms with E-state index >= 15 is 0 Å². The fraction of sp³-hybridized carbons (Fsp3) is 0.294. The van der Waals surface area contributed by atoms with Crippen LogP contribution in [0.2, 0.25) is 0 Å². The van der Waals surface area contributed by atoms with Crippen LogP contribution in [0.5, 0.6) is 17.2 Å². The third kappa shape index (κ3) is 3.34. The number of halogens is 1. The van der Waals surface area contributed by atoms with Crippen LogP contribution in [0, 0.1) is 12.7 Å². The molecule has 0 aromatic heterocycles. The lowest BCUT2D eigenvalue weighted by Crippen LogP contribution is -2.15. The molecule has 21 heavy (non-hydrogen) atoms. The first-order valence-corrected chi connectivity index (χ1v) is 6.85. The Morgan fingerprint density at radius 2 is 1.86 bits per heavy atom. The molecule has 0 radical (unpaired) electrons. The minimum absolute atomic E-state index is 0.155. The summed E-state index contributed by atoms with van der Waals surface area (Å²) in [6.45, 7) is 3.86. The molecule has 1 atom stereocenters. The summed E-state index contributed by atoms with van der Waals surface area (Å²) in [5, 5.41) is 3.03. The van der Waals surface area contributed by atoms with Crippen LogP contribution >= 0.6 is 0 Å². The predicted molar refractivity (Wildman–Crippen MR) is 81.7 cm³/mol. The molecule has 4 heteroatoms. The monoisotopic (exact) mass is 289 g/mol. The minimum atomic E-state index is -0.291. The molecule has 2 aromatic carbocycles. The normalized spacial score (nSPS) is 12.0. The van der Waals surface area contributed by atoms with Gasteiger partial charge in [-0.05, 0) is 50.7 Å². The van der Waals surface area contributed by atoms with Crippen molar-refractivity contribution in [3.63, 3.8) is 0 Å². The lowest BCUT2D eigenvalue weighted by molar-refractivity contribution is 0.374. The molecule has 2 aromatic rings. The second-order valence-electron chi connectivity index (χ2n) is 4.92. The summed E-state index contributed by atoms with van der Waals surface area (Å²) >= 11 is 0. The van der Waals surface area contributed by atoms with Crippen molar-refractivity contribution in [2.45, 2.75) is 19.9 Å². The number of aryl methyl sites for hydroxylation is 1. The molecule has 0 fully saturated rings. The molecule has 0 spiro atoms. The Morgan fingerprint density at radius 3 is 2.52 bits per heavy atom. The van der Waals surface area contributed by atoms with Gasteiger partial charge in [0.05, 0.1) is 7.11 Å². The zero-order valence-electron chi connectivity index (χ0n) is 12.7. The quantitative estimate of drug-likeness (QED) is 0.894. The van der Waals surface area contributed by atoms with Crippen LogP contribution in [0.1, 0.15) is 24.1 Å². The molecule has 1 unspecified atom stereocenters. The highest BCUT2D eigenvalue weighted by Crippen LogP contribution is 2.36. The van der Waals surface area contributed by atoms with Crippen molar-refractivity contribution >= 4 is 0 Å². The number of hydrogen-bond donors (Lipinski definition) is 1. The minimum Gasteiger partial charge on any atom is -0.493 e. The number of benzene rings is 2. The van der Waals surface area contributed by atoms with Crippen LogP contribution in [0.3, 0.4) is 0 Å². The van der Waals surface area contributed by atoms with E-state index in [1.54, 1.807) is 26.3 Å². The van der Waals surface area contributed by atoms with Crippen molar-refractivity contribution in [1.82, 2.24) is 5.32 Å². The topological polar surface area (TPSA) is 30.5 Å². The molecule has 0 amide bonds. The smallest absolute Gasteiger partial charge is 0.169 e. The number of hydrogen-bond acceptors (Lipinski definition) is 3. The van der Waals surface area contributed by atoms with E-state index in [9.17, 15) is 4.39 Å². The molecule has 0 aliphatic rings. The van der Waals surface area contributed by atoms with E-state index in [-0.39, 0.29) is 11.9 Å². The fourth-order valence-electron chi connectivity index (χ4n) is 2.15. The molecule has 112 valence electrons. The molecule has 0 bridgehead atoms. The fourth-order valence-corrected chi connectivity index (χ4v) is 2.15. The van der Waals surface area contributed by atoms with Crippen LogP contribution < -0.4 is 14.8 Å². The highest BCUT2D eigenvalue weighted by molar-refractivity contribution is 5.47. The van der Waals surface area contributed by atoms with Gasteiger partial charge in [-0.2, -0.15) is 0 Å². The molecule has 0 heterocycles. The lowest BCUT2D eigenvalue weighted by atomic mass is 10.1. The second kappa shape index (κ2) is 6.59. The first-order valence-electron chi connectivity index (χ1n) is 6.85. The Hall–Kier alpha value is -2.07. The van der Waals surface area contributed by atoms with Crippen LogP contribution in [0.4, 0.5) is 4.39 Å². The van der Waals surface area contributed by atoms with E-state index in [0.717, 1.165) is 5.56 Å². The number of ether oxygens (including phenoxy) is 2. The Kier molecular flexibility index (Phi) is 4.81. The van der Waals surface area contributed by atoms with Gasteiger partial charge in [-0.3, -0.25) is 0 Å². The molecular weight excluding hydrogens is 269 g/mol. The Labute approximate surface area is 124 Å². The van der Waals surface area contributed by atoms with Crippen molar-refractivity contribution in [1.29, 1.82) is 0 Å². The van der Waals surface area contributed by atoms with E-state index in [0.29, 0.717) is 22.8 Å². The average molecular weight is 289 g/mol. The maximum absolute atomic E-state index is 14.1. The zero-order chi connectivity index (χ0) is 15.4. The van der Waals surface area contributed by atoms with E-state index in [4.69, 9.17) is 9.47 Å². The lowest BCUT2D eigenvalue weighted by Gasteiger charge is -2.18. The molecule has 0 saturated heterocycles. The van der Waals surface area contributed by atoms with Crippen molar-refractivity contribution in [2.24, 2.45) is 0 Å². The summed E-state index contributed by atoms with van der Waals surface area (Å²) < 4.78 is 25.3. The molecule has 3 nitrogen and oxygen atoms in total. The van der Waals surface area contributed by atoms with Gasteiger partial charge in [0.15, 0.2) is 11.5 Å². The highest BCUT2D eigenvalue weighted by Gasteiger charge is 2.17. The third-order valence-electron chi connectivity index (χ3n) is 3.42. The van der Waals surface area contributed by atoms with Crippen molar-refractivity contribution in [3.05, 3.63) is 53.3 Å². The van der Waals surface area contributed by atoms with E-state index in [1.807, 2.05) is 32.0 Å². The molecule has 0 aliphatic heterocycles. The van der Waals surface area contributed by atoms with Crippen molar-refractivity contribution < 1.29 is 13.9 Å². The first kappa shape index (κ1) is 15.3. The van der Waals surface area contributed by atoms with Gasteiger partial charge in [0.2, 0.25) is 0 Å². The Morgan fingerprint density at radius 1 is 1.10 bits per heavy atom. The van der Waals surface area contributed by atoms with E-state index in [2.05, 4.69) is 5.32 Å². The zero-order valence-corrected chi connectivity index (χ0v) is 12.7. The van der Waals surface area contributed by atoms with Crippen LogP contribution in [-0.2, 0) is 0 Å². The van der Waals surface area contributed by atoms with Crippen LogP contribution in [-0.4, -0.2) is 14.2 Å². The van der Waals surface area contributed by atoms with E-state index in [1.165, 1.54) is 6.07 Å². The molecule has 1 N–H and O–H groups in total. The SMILES string of the molecule is CNC(C)c1c(F)cccc1Oc1ccc(C)cc1OC. The van der Waals surface area contributed by atoms with Gasteiger partial charge in [-0.1, -0.05) is 12.1 Å². The standard InChI is InChI=1S/C17H20FNO2/c1-11-8-9-14(16(10-11)20-4)21-15-7-5-6-13(18)17(15)12(2)19-3/h5-10,12,19H,1-4H3. The van der Waals surface area contributed by atoms with Gasteiger partial charge >= 0.3 is 0 Å². The van der Waals surface area contributed by atoms with Gasteiger partial charge in [0.25, 0.3) is 0 Å². The summed E-state index contributed by atoms with van der Waals surface area (Å²) in [6.07, 6.45) is 0. The first-order chi connectivity index (χ1) is 10.1. The van der Waals surface area contributed by atoms with E-state index < -0.39 is 0 Å². The van der Waals surface area contributed by atoms with Gasteiger partial charge in [0, 0.05) is 11.6 Å². The summed E-state index contributed by atoms with van der Waals surface area (Å²) in [6, 6.07) is 10.3. The summed E-state index contributed by atoms with van der Waals surface area (Å²) in [7, 11) is 3.37. The van der Waals surface area contributed by atoms with Gasteiger partial charge in [-0.25, -0.2) is 4.39 Å². The summed E-state index contributed by atoms with van der Waals surface area (Å²) in [5.41, 5.74) is 1.57. The average Bonchev–Trinajstić information content (AvgIpc) is 2.48. The largest absolute Gasteiger partial charge is 0.493 e. The van der Waals surface area contributed by atoms with Gasteiger partial charge in [0.1, 0.15) is 11.6 Å². The highest BCUT2D eigenvalue weighted by atomic mass is 19.1. The van der Waals surface area contributed by atoms with Crippen LogP contribution in [0.15, 0.2) is 36.4 Å².